The molecule has 0 unspecified atom stereocenters. The number of alkyl halides is 3. The van der Waals surface area contributed by atoms with Crippen molar-refractivity contribution in [2.45, 2.75) is 19.0 Å². The number of esters is 1. The summed E-state index contributed by atoms with van der Waals surface area (Å²) in [5, 5.41) is 8.29. The third-order valence-corrected chi connectivity index (χ3v) is 2.12. The van der Waals surface area contributed by atoms with Crippen LogP contribution in [-0.4, -0.2) is 17.9 Å². The first-order chi connectivity index (χ1) is 7.93. The van der Waals surface area contributed by atoms with Crippen LogP contribution in [0.4, 0.5) is 13.2 Å². The second kappa shape index (κ2) is 5.67. The largest absolute Gasteiger partial charge is 0.439 e. The molecule has 0 aromatic heterocycles. The SMILES string of the molecule is O=C(CCc1ccc(C(F)(F)F)cc1)OCO. The average molecular weight is 248 g/mol. The Hall–Kier alpha value is -1.56. The van der Waals surface area contributed by atoms with Gasteiger partial charge in [0.1, 0.15) is 0 Å². The number of aliphatic hydroxyl groups is 1. The number of carbonyl (C=O) groups is 1. The van der Waals surface area contributed by atoms with Gasteiger partial charge in [-0.25, -0.2) is 0 Å². The van der Waals surface area contributed by atoms with Crippen molar-refractivity contribution in [2.75, 3.05) is 6.79 Å². The molecular weight excluding hydrogens is 237 g/mol. The molecule has 0 fully saturated rings. The van der Waals surface area contributed by atoms with E-state index in [1.807, 2.05) is 0 Å². The molecule has 0 saturated heterocycles. The number of benzene rings is 1. The summed E-state index contributed by atoms with van der Waals surface area (Å²) in [5.74, 6) is -0.590. The van der Waals surface area contributed by atoms with Gasteiger partial charge in [-0.1, -0.05) is 12.1 Å². The minimum atomic E-state index is -4.35. The fourth-order valence-corrected chi connectivity index (χ4v) is 1.25. The third kappa shape index (κ3) is 4.44. The van der Waals surface area contributed by atoms with Crippen molar-refractivity contribution < 1.29 is 27.8 Å². The summed E-state index contributed by atoms with van der Waals surface area (Å²) >= 11 is 0. The van der Waals surface area contributed by atoms with E-state index in [0.29, 0.717) is 5.56 Å². The van der Waals surface area contributed by atoms with Gasteiger partial charge in [0.15, 0.2) is 6.79 Å². The Kier molecular flexibility index (Phi) is 4.51. The van der Waals surface area contributed by atoms with E-state index in [9.17, 15) is 18.0 Å². The van der Waals surface area contributed by atoms with Crippen molar-refractivity contribution in [3.05, 3.63) is 35.4 Å². The predicted octanol–water partition coefficient (Wildman–Crippen LogP) is 2.13. The molecule has 1 rings (SSSR count). The molecular formula is C11H11F3O3. The molecule has 1 N–H and O–H groups in total. The lowest BCUT2D eigenvalue weighted by Gasteiger charge is -2.07. The van der Waals surface area contributed by atoms with Crippen LogP contribution in [0.5, 0.6) is 0 Å². The molecule has 1 aromatic carbocycles. The number of hydrogen-bond donors (Lipinski definition) is 1. The van der Waals surface area contributed by atoms with Crippen LogP contribution in [0.1, 0.15) is 17.5 Å². The van der Waals surface area contributed by atoms with Gasteiger partial charge in [-0.15, -0.1) is 0 Å². The van der Waals surface area contributed by atoms with Crippen LogP contribution in [0.25, 0.3) is 0 Å². The lowest BCUT2D eigenvalue weighted by atomic mass is 10.1. The monoisotopic (exact) mass is 248 g/mol. The minimum absolute atomic E-state index is 0.0198. The topological polar surface area (TPSA) is 46.5 Å². The van der Waals surface area contributed by atoms with Crippen LogP contribution in [0.2, 0.25) is 0 Å². The highest BCUT2D eigenvalue weighted by atomic mass is 19.4. The van der Waals surface area contributed by atoms with E-state index >= 15 is 0 Å². The molecule has 0 aliphatic heterocycles. The van der Waals surface area contributed by atoms with Crippen LogP contribution < -0.4 is 0 Å². The van der Waals surface area contributed by atoms with Crippen molar-refractivity contribution in [2.24, 2.45) is 0 Å². The third-order valence-electron chi connectivity index (χ3n) is 2.12. The van der Waals surface area contributed by atoms with Crippen molar-refractivity contribution in [3.8, 4) is 0 Å². The summed E-state index contributed by atoms with van der Waals surface area (Å²) < 4.78 is 41.0. The van der Waals surface area contributed by atoms with E-state index in [4.69, 9.17) is 5.11 Å². The Morgan fingerprint density at radius 2 is 1.82 bits per heavy atom. The van der Waals surface area contributed by atoms with Crippen LogP contribution in [0.15, 0.2) is 24.3 Å². The maximum Gasteiger partial charge on any atom is 0.416 e. The van der Waals surface area contributed by atoms with E-state index in [1.54, 1.807) is 0 Å². The van der Waals surface area contributed by atoms with E-state index < -0.39 is 24.5 Å². The maximum atomic E-state index is 12.2. The van der Waals surface area contributed by atoms with Crippen LogP contribution in [0, 0.1) is 0 Å². The van der Waals surface area contributed by atoms with Crippen molar-refractivity contribution in [3.63, 3.8) is 0 Å². The average Bonchev–Trinajstić information content (AvgIpc) is 2.26. The number of aryl methyl sites for hydroxylation is 1. The van der Waals surface area contributed by atoms with Gasteiger partial charge in [0.2, 0.25) is 0 Å². The lowest BCUT2D eigenvalue weighted by molar-refractivity contribution is -0.151. The van der Waals surface area contributed by atoms with Crippen LogP contribution in [0.3, 0.4) is 0 Å². The summed E-state index contributed by atoms with van der Waals surface area (Å²) in [6, 6.07) is 4.56. The molecule has 17 heavy (non-hydrogen) atoms. The molecule has 1 aromatic rings. The second-order valence-corrected chi connectivity index (χ2v) is 3.34. The van der Waals surface area contributed by atoms with E-state index in [1.165, 1.54) is 12.1 Å². The molecule has 94 valence electrons. The fourth-order valence-electron chi connectivity index (χ4n) is 1.25. The smallest absolute Gasteiger partial charge is 0.416 e. The normalized spacial score (nSPS) is 11.3. The highest BCUT2D eigenvalue weighted by Gasteiger charge is 2.29. The Labute approximate surface area is 95.8 Å². The van der Waals surface area contributed by atoms with Crippen LogP contribution >= 0.6 is 0 Å². The van der Waals surface area contributed by atoms with Gasteiger partial charge in [0.05, 0.1) is 5.56 Å². The number of hydrogen-bond acceptors (Lipinski definition) is 3. The fraction of sp³-hybridized carbons (Fsp3) is 0.364. The molecule has 6 heteroatoms. The maximum absolute atomic E-state index is 12.2. The number of ether oxygens (including phenoxy) is 1. The van der Waals surface area contributed by atoms with E-state index in [2.05, 4.69) is 4.74 Å². The Balaban J connectivity index is 2.54. The zero-order valence-corrected chi connectivity index (χ0v) is 8.83. The van der Waals surface area contributed by atoms with Crippen molar-refractivity contribution in [1.29, 1.82) is 0 Å². The van der Waals surface area contributed by atoms with Gasteiger partial charge in [-0.3, -0.25) is 4.79 Å². The number of aliphatic hydroxyl groups excluding tert-OH is 1. The summed E-state index contributed by atoms with van der Waals surface area (Å²) in [4.78, 5) is 10.9. The quantitative estimate of drug-likeness (QED) is 0.655. The molecule has 0 amide bonds. The molecule has 0 saturated carbocycles. The van der Waals surface area contributed by atoms with E-state index in [0.717, 1.165) is 12.1 Å². The zero-order valence-electron chi connectivity index (χ0n) is 8.83. The molecule has 0 aliphatic rings. The molecule has 3 nitrogen and oxygen atoms in total. The first-order valence-corrected chi connectivity index (χ1v) is 4.86. The van der Waals surface area contributed by atoms with Gasteiger partial charge in [-0.2, -0.15) is 13.2 Å². The molecule has 0 spiro atoms. The molecule has 0 aliphatic carbocycles. The standard InChI is InChI=1S/C11H11F3O3/c12-11(13,14)9-4-1-8(2-5-9)3-6-10(16)17-7-15/h1-2,4-5,15H,3,6-7H2. The summed E-state index contributed by atoms with van der Waals surface area (Å²) in [5.41, 5.74) is -0.118. The molecule has 0 radical (unpaired) electrons. The molecule has 0 heterocycles. The second-order valence-electron chi connectivity index (χ2n) is 3.34. The van der Waals surface area contributed by atoms with Gasteiger partial charge in [0.25, 0.3) is 0 Å². The Bertz CT molecular complexity index is 371. The Morgan fingerprint density at radius 1 is 1.24 bits per heavy atom. The lowest BCUT2D eigenvalue weighted by Crippen LogP contribution is -2.07. The summed E-state index contributed by atoms with van der Waals surface area (Å²) in [6.45, 7) is -0.689. The van der Waals surface area contributed by atoms with Gasteiger partial charge in [0, 0.05) is 6.42 Å². The highest BCUT2D eigenvalue weighted by molar-refractivity contribution is 5.69. The van der Waals surface area contributed by atoms with Gasteiger partial charge in [-0.05, 0) is 24.1 Å². The van der Waals surface area contributed by atoms with Gasteiger partial charge >= 0.3 is 12.1 Å². The predicted molar refractivity (Wildman–Crippen MR) is 52.9 cm³/mol. The molecule has 0 atom stereocenters. The van der Waals surface area contributed by atoms with Crippen molar-refractivity contribution in [1.82, 2.24) is 0 Å². The Morgan fingerprint density at radius 3 is 2.29 bits per heavy atom. The summed E-state index contributed by atoms with van der Waals surface area (Å²) in [6.07, 6.45) is -4.06. The number of rotatable bonds is 4. The number of carbonyl (C=O) groups excluding carboxylic acids is 1. The first kappa shape index (κ1) is 13.5. The first-order valence-electron chi connectivity index (χ1n) is 4.86. The van der Waals surface area contributed by atoms with E-state index in [-0.39, 0.29) is 12.8 Å². The number of halogens is 3. The van der Waals surface area contributed by atoms with Crippen molar-refractivity contribution >= 4 is 5.97 Å². The highest BCUT2D eigenvalue weighted by Crippen LogP contribution is 2.29. The van der Waals surface area contributed by atoms with Gasteiger partial charge < -0.3 is 9.84 Å². The van der Waals surface area contributed by atoms with Crippen LogP contribution in [-0.2, 0) is 22.1 Å². The summed E-state index contributed by atoms with van der Waals surface area (Å²) in [7, 11) is 0. The minimum Gasteiger partial charge on any atom is -0.439 e. The zero-order chi connectivity index (χ0) is 12.9. The molecule has 0 bridgehead atoms.